The van der Waals surface area contributed by atoms with Gasteiger partial charge in [-0.2, -0.15) is 0 Å². The molecule has 0 spiro atoms. The Kier molecular flexibility index (Phi) is 6.91. The van der Waals surface area contributed by atoms with Crippen molar-refractivity contribution in [1.29, 1.82) is 0 Å². The Hall–Kier alpha value is -3.03. The average Bonchev–Trinajstić information content (AvgIpc) is 3.51. The van der Waals surface area contributed by atoms with Crippen LogP contribution in [-0.2, 0) is 5.41 Å². The first-order valence-electron chi connectivity index (χ1n) is 11.6. The van der Waals surface area contributed by atoms with Gasteiger partial charge in [0.15, 0.2) is 0 Å². The van der Waals surface area contributed by atoms with Crippen LogP contribution in [0.15, 0.2) is 61.3 Å². The van der Waals surface area contributed by atoms with Crippen LogP contribution < -0.4 is 10.2 Å². The van der Waals surface area contributed by atoms with Gasteiger partial charge in [-0.05, 0) is 47.6 Å². The largest absolute Gasteiger partial charge is 0.376 e. The van der Waals surface area contributed by atoms with Crippen LogP contribution in [0.3, 0.4) is 0 Å². The van der Waals surface area contributed by atoms with Crippen LogP contribution in [0.5, 0.6) is 0 Å². The summed E-state index contributed by atoms with van der Waals surface area (Å²) in [5, 5.41) is 14.8. The van der Waals surface area contributed by atoms with Gasteiger partial charge in [-0.15, -0.1) is 0 Å². The number of benzene rings is 1. The molecule has 7 nitrogen and oxygen atoms in total. The van der Waals surface area contributed by atoms with Crippen LogP contribution in [0.1, 0.15) is 74.1 Å². The number of H-pyrrole nitrogens is 1. The minimum absolute atomic E-state index is 0.0120. The van der Waals surface area contributed by atoms with Crippen molar-refractivity contribution in [3.63, 3.8) is 0 Å². The SMILES string of the molecule is CC(C)(C)c1ccc(N(C(=O)c2c[nH]cn2)C(c2cccnc2)C(O)NC2CCCC2)cc1. The predicted molar refractivity (Wildman–Crippen MR) is 129 cm³/mol. The number of imidazole rings is 1. The third-order valence-corrected chi connectivity index (χ3v) is 6.31. The van der Waals surface area contributed by atoms with E-state index in [0.717, 1.165) is 31.2 Å². The molecule has 4 rings (SSSR count). The van der Waals surface area contributed by atoms with Crippen LogP contribution in [0.4, 0.5) is 5.69 Å². The molecule has 1 saturated carbocycles. The molecule has 3 aromatic rings. The maximum absolute atomic E-state index is 13.7. The summed E-state index contributed by atoms with van der Waals surface area (Å²) < 4.78 is 0. The molecule has 2 aromatic heterocycles. The summed E-state index contributed by atoms with van der Waals surface area (Å²) in [6.45, 7) is 6.47. The number of anilines is 1. The Morgan fingerprint density at radius 2 is 1.91 bits per heavy atom. The van der Waals surface area contributed by atoms with Gasteiger partial charge in [-0.1, -0.05) is 51.8 Å². The second-order valence-corrected chi connectivity index (χ2v) is 9.75. The van der Waals surface area contributed by atoms with Crippen molar-refractivity contribution in [1.82, 2.24) is 20.3 Å². The number of carbonyl (C=O) groups excluding carboxylic acids is 1. The molecule has 0 radical (unpaired) electrons. The number of aliphatic hydroxyl groups excluding tert-OH is 1. The molecule has 7 heteroatoms. The number of nitrogens with one attached hydrogen (secondary N) is 2. The molecular weight excluding hydrogens is 414 g/mol. The van der Waals surface area contributed by atoms with Crippen LogP contribution in [-0.4, -0.2) is 38.2 Å². The number of aromatic amines is 1. The lowest BCUT2D eigenvalue weighted by Gasteiger charge is -2.36. The maximum atomic E-state index is 13.7. The molecule has 2 atom stereocenters. The van der Waals surface area contributed by atoms with Gasteiger partial charge in [0.05, 0.1) is 6.33 Å². The van der Waals surface area contributed by atoms with Gasteiger partial charge in [-0.25, -0.2) is 4.98 Å². The molecular formula is C26H33N5O2. The van der Waals surface area contributed by atoms with Gasteiger partial charge in [0.1, 0.15) is 18.0 Å². The maximum Gasteiger partial charge on any atom is 0.279 e. The van der Waals surface area contributed by atoms with Crippen LogP contribution in [0, 0.1) is 0 Å². The summed E-state index contributed by atoms with van der Waals surface area (Å²) in [4.78, 5) is 26.7. The minimum Gasteiger partial charge on any atom is -0.376 e. The Morgan fingerprint density at radius 3 is 2.48 bits per heavy atom. The number of hydrogen-bond acceptors (Lipinski definition) is 5. The third-order valence-electron chi connectivity index (χ3n) is 6.31. The fourth-order valence-corrected chi connectivity index (χ4v) is 4.48. The van der Waals surface area contributed by atoms with Crippen molar-refractivity contribution < 1.29 is 9.90 Å². The van der Waals surface area contributed by atoms with E-state index in [1.54, 1.807) is 23.5 Å². The number of aromatic nitrogens is 3. The second-order valence-electron chi connectivity index (χ2n) is 9.75. The highest BCUT2D eigenvalue weighted by atomic mass is 16.3. The first-order valence-corrected chi connectivity index (χ1v) is 11.6. The third kappa shape index (κ3) is 5.31. The molecule has 1 fully saturated rings. The van der Waals surface area contributed by atoms with Crippen molar-refractivity contribution in [2.45, 2.75) is 70.2 Å². The Bertz CT molecular complexity index is 1020. The number of nitrogens with zero attached hydrogens (tertiary/aromatic N) is 3. The molecule has 1 aromatic carbocycles. The highest BCUT2D eigenvalue weighted by Gasteiger charge is 2.35. The summed E-state index contributed by atoms with van der Waals surface area (Å²) in [6.07, 6.45) is 9.82. The van der Waals surface area contributed by atoms with Crippen molar-refractivity contribution in [3.8, 4) is 0 Å². The molecule has 1 amide bonds. The van der Waals surface area contributed by atoms with Crippen LogP contribution >= 0.6 is 0 Å². The average molecular weight is 448 g/mol. The minimum atomic E-state index is -0.970. The zero-order chi connectivity index (χ0) is 23.4. The number of carbonyl (C=O) groups is 1. The van der Waals surface area contributed by atoms with Gasteiger partial charge < -0.3 is 10.1 Å². The summed E-state index contributed by atoms with van der Waals surface area (Å²) in [7, 11) is 0. The van der Waals surface area contributed by atoms with E-state index in [0.29, 0.717) is 5.69 Å². The van der Waals surface area contributed by atoms with E-state index in [1.165, 1.54) is 11.9 Å². The van der Waals surface area contributed by atoms with Gasteiger partial charge in [0.25, 0.3) is 5.91 Å². The van der Waals surface area contributed by atoms with E-state index in [-0.39, 0.29) is 23.1 Å². The van der Waals surface area contributed by atoms with E-state index >= 15 is 0 Å². The van der Waals surface area contributed by atoms with E-state index in [9.17, 15) is 9.90 Å². The normalized spacial score (nSPS) is 16.5. The van der Waals surface area contributed by atoms with Gasteiger partial charge >= 0.3 is 0 Å². The van der Waals surface area contributed by atoms with Crippen molar-refractivity contribution >= 4 is 11.6 Å². The standard InChI is InChI=1S/C26H33N5O2/c1-26(2,3)19-10-12-21(13-11-19)31(25(33)22-16-28-17-29-22)23(18-7-6-14-27-15-18)24(32)30-20-8-4-5-9-20/h6-7,10-17,20,23-24,30,32H,4-5,8-9H2,1-3H3,(H,28,29). The van der Waals surface area contributed by atoms with Crippen LogP contribution in [0.2, 0.25) is 0 Å². The summed E-state index contributed by atoms with van der Waals surface area (Å²) in [5.41, 5.74) is 2.89. The fraction of sp³-hybridized carbons (Fsp3) is 0.423. The first kappa shape index (κ1) is 23.1. The van der Waals surface area contributed by atoms with Crippen LogP contribution in [0.25, 0.3) is 0 Å². The molecule has 2 heterocycles. The molecule has 0 aliphatic heterocycles. The van der Waals surface area contributed by atoms with Gasteiger partial charge in [0, 0.05) is 30.3 Å². The number of rotatable bonds is 7. The molecule has 174 valence electrons. The fourth-order valence-electron chi connectivity index (χ4n) is 4.48. The van der Waals surface area contributed by atoms with Gasteiger partial charge in [0.2, 0.25) is 0 Å². The Balaban J connectivity index is 1.78. The zero-order valence-electron chi connectivity index (χ0n) is 19.5. The number of hydrogen-bond donors (Lipinski definition) is 3. The van der Waals surface area contributed by atoms with Gasteiger partial charge in [-0.3, -0.25) is 20.0 Å². The molecule has 2 unspecified atom stereocenters. The smallest absolute Gasteiger partial charge is 0.279 e. The molecule has 0 saturated heterocycles. The van der Waals surface area contributed by atoms with E-state index < -0.39 is 12.3 Å². The Morgan fingerprint density at radius 1 is 1.18 bits per heavy atom. The van der Waals surface area contributed by atoms with Crippen molar-refractivity contribution in [2.75, 3.05) is 4.90 Å². The van der Waals surface area contributed by atoms with E-state index in [4.69, 9.17) is 0 Å². The number of amides is 1. The lowest BCUT2D eigenvalue weighted by molar-refractivity contribution is 0.0774. The highest BCUT2D eigenvalue weighted by Crippen LogP contribution is 2.33. The zero-order valence-corrected chi connectivity index (χ0v) is 19.5. The van der Waals surface area contributed by atoms with Crippen molar-refractivity contribution in [2.24, 2.45) is 0 Å². The molecule has 0 bridgehead atoms. The molecule has 1 aliphatic rings. The molecule has 1 aliphatic carbocycles. The number of aliphatic hydroxyl groups is 1. The number of pyridine rings is 1. The summed E-state index contributed by atoms with van der Waals surface area (Å²) in [6, 6.07) is 11.2. The lowest BCUT2D eigenvalue weighted by atomic mass is 9.87. The summed E-state index contributed by atoms with van der Waals surface area (Å²) in [5.74, 6) is -0.291. The quantitative estimate of drug-likeness (QED) is 0.469. The van der Waals surface area contributed by atoms with Crippen molar-refractivity contribution in [3.05, 3.63) is 78.1 Å². The van der Waals surface area contributed by atoms with E-state index in [2.05, 4.69) is 41.0 Å². The predicted octanol–water partition coefficient (Wildman–Crippen LogP) is 4.34. The highest BCUT2D eigenvalue weighted by molar-refractivity contribution is 6.05. The second kappa shape index (κ2) is 9.85. The topological polar surface area (TPSA) is 94.1 Å². The molecule has 3 N–H and O–H groups in total. The first-order chi connectivity index (χ1) is 15.8. The molecule has 33 heavy (non-hydrogen) atoms. The summed E-state index contributed by atoms with van der Waals surface area (Å²) >= 11 is 0. The lowest BCUT2D eigenvalue weighted by Crippen LogP contribution is -2.49. The van der Waals surface area contributed by atoms with E-state index in [1.807, 2.05) is 36.4 Å². The monoisotopic (exact) mass is 447 g/mol. The Labute approximate surface area is 195 Å².